The number of nitrogens with zero attached hydrogens (tertiary/aromatic N) is 1. The molecule has 0 bridgehead atoms. The highest BCUT2D eigenvalue weighted by Gasteiger charge is 2.02. The number of carbonyl (C=O) groups is 1. The van der Waals surface area contributed by atoms with Crippen LogP contribution in [-0.4, -0.2) is 157 Å². The fourth-order valence-corrected chi connectivity index (χ4v) is 3.09. The van der Waals surface area contributed by atoms with Crippen molar-refractivity contribution >= 4 is 5.97 Å². The quantitative estimate of drug-likeness (QED) is 0.0789. The summed E-state index contributed by atoms with van der Waals surface area (Å²) in [7, 11) is 4.04. The van der Waals surface area contributed by atoms with Crippen LogP contribution < -0.4 is 0 Å². The smallest absolute Gasteiger partial charge is 0.305 e. The summed E-state index contributed by atoms with van der Waals surface area (Å²) in [6.07, 6.45) is 4.77. The number of rotatable bonds is 35. The van der Waals surface area contributed by atoms with Crippen molar-refractivity contribution < 1.29 is 52.2 Å². The fourth-order valence-electron chi connectivity index (χ4n) is 3.09. The largest absolute Gasteiger partial charge is 0.463 e. The lowest BCUT2D eigenvalue weighted by Crippen LogP contribution is -2.19. The van der Waals surface area contributed by atoms with Crippen molar-refractivity contribution in [3.8, 4) is 0 Å². The number of unbranched alkanes of at least 4 members (excludes halogenated alkanes) is 3. The standard InChI is InChI=1S/C29H59NO11/c1-4-5-6-7-8-29(31)41-28-27-40-26-25-39-24-23-38-22-21-37-20-19-36-18-17-35-16-15-34-14-13-33-12-11-32-10-9-30(2)3/h4-28H2,1-3H3. The van der Waals surface area contributed by atoms with Crippen molar-refractivity contribution in [3.05, 3.63) is 0 Å². The molecule has 0 fully saturated rings. The number of esters is 1. The number of ether oxygens (including phenoxy) is 10. The minimum Gasteiger partial charge on any atom is -0.463 e. The number of hydrogen-bond acceptors (Lipinski definition) is 12. The Hall–Kier alpha value is -0.930. The topological polar surface area (TPSA) is 113 Å². The molecule has 0 saturated carbocycles. The molecule has 0 aliphatic rings. The average molecular weight is 598 g/mol. The second kappa shape index (κ2) is 35.3. The average Bonchev–Trinajstić information content (AvgIpc) is 2.96. The summed E-state index contributed by atoms with van der Waals surface area (Å²) in [5.74, 6) is -0.149. The van der Waals surface area contributed by atoms with Crippen LogP contribution in [0.3, 0.4) is 0 Å². The van der Waals surface area contributed by atoms with Crippen LogP contribution in [0.2, 0.25) is 0 Å². The van der Waals surface area contributed by atoms with Gasteiger partial charge in [0.2, 0.25) is 0 Å². The van der Waals surface area contributed by atoms with Gasteiger partial charge in [0.05, 0.1) is 119 Å². The van der Waals surface area contributed by atoms with E-state index in [0.717, 1.165) is 32.2 Å². The molecule has 0 N–H and O–H groups in total. The zero-order chi connectivity index (χ0) is 29.9. The first-order valence-electron chi connectivity index (χ1n) is 15.2. The second-order valence-corrected chi connectivity index (χ2v) is 9.35. The van der Waals surface area contributed by atoms with Crippen LogP contribution in [0.15, 0.2) is 0 Å². The van der Waals surface area contributed by atoms with Crippen molar-refractivity contribution in [1.29, 1.82) is 0 Å². The van der Waals surface area contributed by atoms with Crippen molar-refractivity contribution in [2.45, 2.75) is 39.0 Å². The second-order valence-electron chi connectivity index (χ2n) is 9.35. The Bertz CT molecular complexity index is 515. The van der Waals surface area contributed by atoms with Crippen LogP contribution in [0, 0.1) is 0 Å². The molecule has 0 heterocycles. The predicted octanol–water partition coefficient (Wildman–Crippen LogP) is 2.21. The van der Waals surface area contributed by atoms with Crippen LogP contribution >= 0.6 is 0 Å². The molecule has 0 rings (SSSR count). The molecule has 0 saturated heterocycles. The van der Waals surface area contributed by atoms with E-state index in [0.29, 0.717) is 125 Å². The molecule has 246 valence electrons. The molecular formula is C29H59NO11. The summed E-state index contributed by atoms with van der Waals surface area (Å²) >= 11 is 0. The summed E-state index contributed by atoms with van der Waals surface area (Å²) < 4.78 is 54.1. The molecule has 0 amide bonds. The molecule has 0 aliphatic heterocycles. The Morgan fingerprint density at radius 3 is 1.07 bits per heavy atom. The zero-order valence-corrected chi connectivity index (χ0v) is 26.1. The Morgan fingerprint density at radius 1 is 0.439 bits per heavy atom. The molecule has 0 radical (unpaired) electrons. The van der Waals surface area contributed by atoms with Gasteiger partial charge in [-0.05, 0) is 20.5 Å². The Labute approximate surface area is 248 Å². The lowest BCUT2D eigenvalue weighted by atomic mass is 10.2. The Balaban J connectivity index is 3.08. The summed E-state index contributed by atoms with van der Waals surface area (Å²) in [5, 5.41) is 0. The van der Waals surface area contributed by atoms with Gasteiger partial charge >= 0.3 is 5.97 Å². The van der Waals surface area contributed by atoms with Crippen molar-refractivity contribution in [2.24, 2.45) is 0 Å². The summed E-state index contributed by atoms with van der Waals surface area (Å²) in [4.78, 5) is 13.6. The summed E-state index contributed by atoms with van der Waals surface area (Å²) in [5.41, 5.74) is 0. The van der Waals surface area contributed by atoms with Crippen LogP contribution in [0.4, 0.5) is 0 Å². The SMILES string of the molecule is CCCCCCC(=O)OCCOCCOCCOCCOCCOCCOCCOCCOCCOCCN(C)C. The van der Waals surface area contributed by atoms with Crippen LogP contribution in [-0.2, 0) is 52.2 Å². The predicted molar refractivity (Wildman–Crippen MR) is 156 cm³/mol. The van der Waals surface area contributed by atoms with Gasteiger partial charge in [0.15, 0.2) is 0 Å². The van der Waals surface area contributed by atoms with Crippen LogP contribution in [0.1, 0.15) is 39.0 Å². The van der Waals surface area contributed by atoms with E-state index in [4.69, 9.17) is 47.4 Å². The highest BCUT2D eigenvalue weighted by molar-refractivity contribution is 5.69. The van der Waals surface area contributed by atoms with E-state index in [9.17, 15) is 4.79 Å². The molecule has 0 spiro atoms. The van der Waals surface area contributed by atoms with Crippen molar-refractivity contribution in [1.82, 2.24) is 4.90 Å². The van der Waals surface area contributed by atoms with E-state index >= 15 is 0 Å². The van der Waals surface area contributed by atoms with Crippen LogP contribution in [0.25, 0.3) is 0 Å². The van der Waals surface area contributed by atoms with Gasteiger partial charge < -0.3 is 52.3 Å². The number of likely N-dealkylation sites (N-methyl/N-ethyl adjacent to an activating group) is 1. The maximum absolute atomic E-state index is 11.5. The summed E-state index contributed by atoms with van der Waals surface area (Å²) in [6.45, 7) is 12.8. The van der Waals surface area contributed by atoms with E-state index in [1.165, 1.54) is 0 Å². The maximum Gasteiger partial charge on any atom is 0.305 e. The number of carbonyl (C=O) groups excluding carboxylic acids is 1. The van der Waals surface area contributed by atoms with E-state index in [1.54, 1.807) is 0 Å². The fraction of sp³-hybridized carbons (Fsp3) is 0.966. The molecule has 0 aliphatic carbocycles. The summed E-state index contributed by atoms with van der Waals surface area (Å²) in [6, 6.07) is 0. The Morgan fingerprint density at radius 2 is 0.756 bits per heavy atom. The maximum atomic E-state index is 11.5. The lowest BCUT2D eigenvalue weighted by Gasteiger charge is -2.10. The minimum atomic E-state index is -0.149. The molecule has 0 aromatic heterocycles. The highest BCUT2D eigenvalue weighted by atomic mass is 16.6. The van der Waals surface area contributed by atoms with Gasteiger partial charge in [0.25, 0.3) is 0 Å². The molecule has 41 heavy (non-hydrogen) atoms. The molecule has 12 heteroatoms. The monoisotopic (exact) mass is 597 g/mol. The van der Waals surface area contributed by atoms with Gasteiger partial charge in [-0.2, -0.15) is 0 Å². The first kappa shape index (κ1) is 40.1. The Kier molecular flexibility index (Phi) is 34.5. The van der Waals surface area contributed by atoms with Gasteiger partial charge in [-0.15, -0.1) is 0 Å². The molecule has 0 aromatic carbocycles. The van der Waals surface area contributed by atoms with Crippen molar-refractivity contribution in [3.63, 3.8) is 0 Å². The molecular weight excluding hydrogens is 538 g/mol. The third-order valence-electron chi connectivity index (χ3n) is 5.38. The van der Waals surface area contributed by atoms with Gasteiger partial charge in [0.1, 0.15) is 6.61 Å². The van der Waals surface area contributed by atoms with Crippen LogP contribution in [0.5, 0.6) is 0 Å². The number of hydrogen-bond donors (Lipinski definition) is 0. The van der Waals surface area contributed by atoms with Gasteiger partial charge in [0, 0.05) is 13.0 Å². The first-order valence-corrected chi connectivity index (χ1v) is 15.2. The molecule has 0 atom stereocenters. The van der Waals surface area contributed by atoms with Gasteiger partial charge in [-0.1, -0.05) is 26.2 Å². The van der Waals surface area contributed by atoms with Crippen molar-refractivity contribution in [2.75, 3.05) is 146 Å². The highest BCUT2D eigenvalue weighted by Crippen LogP contribution is 2.03. The van der Waals surface area contributed by atoms with E-state index in [-0.39, 0.29) is 12.6 Å². The van der Waals surface area contributed by atoms with Gasteiger partial charge in [-0.3, -0.25) is 4.79 Å². The molecule has 12 nitrogen and oxygen atoms in total. The molecule has 0 aromatic rings. The zero-order valence-electron chi connectivity index (χ0n) is 26.1. The van der Waals surface area contributed by atoms with Gasteiger partial charge in [-0.25, -0.2) is 0 Å². The third-order valence-corrected chi connectivity index (χ3v) is 5.38. The van der Waals surface area contributed by atoms with E-state index in [2.05, 4.69) is 11.8 Å². The minimum absolute atomic E-state index is 0.149. The normalized spacial score (nSPS) is 11.5. The van der Waals surface area contributed by atoms with E-state index < -0.39 is 0 Å². The lowest BCUT2D eigenvalue weighted by molar-refractivity contribution is -0.145. The third kappa shape index (κ3) is 37.0. The van der Waals surface area contributed by atoms with E-state index in [1.807, 2.05) is 14.1 Å². The first-order chi connectivity index (χ1) is 20.2. The molecule has 0 unspecified atom stereocenters.